The molecular weight excluding hydrogens is 321 g/mol. The van der Waals surface area contributed by atoms with E-state index in [9.17, 15) is 4.79 Å². The van der Waals surface area contributed by atoms with Crippen molar-refractivity contribution in [2.45, 2.75) is 12.8 Å². The third-order valence-corrected chi connectivity index (χ3v) is 2.80. The molecule has 4 nitrogen and oxygen atoms in total. The van der Waals surface area contributed by atoms with Gasteiger partial charge in [0, 0.05) is 52.5 Å². The SMILES string of the molecule is COCCC([C-]=O)Cc1ccc(OC)cc1OC.[Y]. The van der Waals surface area contributed by atoms with Crippen LogP contribution in [0, 0.1) is 5.92 Å². The largest absolute Gasteiger partial charge is 0.542 e. The predicted molar refractivity (Wildman–Crippen MR) is 68.9 cm³/mol. The molecule has 0 N–H and O–H groups in total. The molecule has 0 spiro atoms. The first-order valence-electron chi connectivity index (χ1n) is 5.82. The van der Waals surface area contributed by atoms with Crippen LogP contribution < -0.4 is 9.47 Å². The summed E-state index contributed by atoms with van der Waals surface area (Å²) >= 11 is 0. The minimum atomic E-state index is -0.174. The molecule has 0 saturated heterocycles. The molecule has 5 heteroatoms. The zero-order valence-electron chi connectivity index (χ0n) is 11.6. The zero-order chi connectivity index (χ0) is 13.4. The molecule has 1 aromatic carbocycles. The second-order valence-corrected chi connectivity index (χ2v) is 3.98. The zero-order valence-corrected chi connectivity index (χ0v) is 14.5. The predicted octanol–water partition coefficient (Wildman–Crippen LogP) is 2.01. The maximum atomic E-state index is 10.9. The average Bonchev–Trinajstić information content (AvgIpc) is 2.43. The summed E-state index contributed by atoms with van der Waals surface area (Å²) in [4.78, 5) is 10.9. The standard InChI is InChI=1S/C14H19O4.Y/c1-16-7-6-11(10-15)8-12-4-5-13(17-2)9-14(12)18-3;/h4-5,9,11H,6-8H2,1-3H3;/q-1;. The van der Waals surface area contributed by atoms with Crippen LogP contribution in [0.3, 0.4) is 0 Å². The van der Waals surface area contributed by atoms with Crippen molar-refractivity contribution in [2.24, 2.45) is 5.92 Å². The Labute approximate surface area is 139 Å². The number of carbonyl (C=O) groups excluding carboxylic acids is 1. The first-order chi connectivity index (χ1) is 8.74. The Kier molecular flexibility index (Phi) is 10.1. The molecular formula is C14H19O4Y-. The molecule has 1 rings (SSSR count). The van der Waals surface area contributed by atoms with Gasteiger partial charge in [-0.25, -0.2) is 0 Å². The van der Waals surface area contributed by atoms with Gasteiger partial charge < -0.3 is 19.0 Å². The smallest absolute Gasteiger partial charge is 0.125 e. The Balaban J connectivity index is 0.00000324. The normalized spacial score (nSPS) is 11.3. The van der Waals surface area contributed by atoms with Crippen molar-refractivity contribution < 1.29 is 51.7 Å². The van der Waals surface area contributed by atoms with Gasteiger partial charge in [0.15, 0.2) is 0 Å². The topological polar surface area (TPSA) is 44.8 Å². The van der Waals surface area contributed by atoms with Crippen LogP contribution in [0.1, 0.15) is 12.0 Å². The fourth-order valence-electron chi connectivity index (χ4n) is 1.75. The summed E-state index contributed by atoms with van der Waals surface area (Å²) in [6.45, 7) is 0.554. The fourth-order valence-corrected chi connectivity index (χ4v) is 1.75. The molecule has 1 atom stereocenters. The maximum Gasteiger partial charge on any atom is 0.125 e. The Morgan fingerprint density at radius 1 is 1.21 bits per heavy atom. The van der Waals surface area contributed by atoms with Crippen LogP contribution in [0.5, 0.6) is 11.5 Å². The van der Waals surface area contributed by atoms with Crippen LogP contribution in [0.4, 0.5) is 0 Å². The minimum absolute atomic E-state index is 0. The van der Waals surface area contributed by atoms with E-state index in [0.29, 0.717) is 19.4 Å². The van der Waals surface area contributed by atoms with E-state index in [4.69, 9.17) is 14.2 Å². The van der Waals surface area contributed by atoms with Gasteiger partial charge in [-0.2, -0.15) is 0 Å². The van der Waals surface area contributed by atoms with Gasteiger partial charge in [0.05, 0.1) is 14.2 Å². The van der Waals surface area contributed by atoms with Crippen LogP contribution in [0.15, 0.2) is 18.2 Å². The van der Waals surface area contributed by atoms with Crippen molar-refractivity contribution in [3.05, 3.63) is 23.8 Å². The van der Waals surface area contributed by atoms with Gasteiger partial charge in [-0.1, -0.05) is 12.5 Å². The van der Waals surface area contributed by atoms with E-state index in [0.717, 1.165) is 17.1 Å². The summed E-state index contributed by atoms with van der Waals surface area (Å²) < 4.78 is 15.4. The van der Waals surface area contributed by atoms with Gasteiger partial charge in [0.25, 0.3) is 0 Å². The molecule has 103 valence electrons. The van der Waals surface area contributed by atoms with E-state index in [1.165, 1.54) is 0 Å². The van der Waals surface area contributed by atoms with Crippen LogP contribution in [-0.4, -0.2) is 34.2 Å². The van der Waals surface area contributed by atoms with E-state index in [2.05, 4.69) is 0 Å². The fraction of sp³-hybridized carbons (Fsp3) is 0.500. The van der Waals surface area contributed by atoms with Crippen molar-refractivity contribution in [2.75, 3.05) is 27.9 Å². The molecule has 0 heterocycles. The molecule has 0 aromatic heterocycles. The molecule has 0 aliphatic carbocycles. The molecule has 0 bridgehead atoms. The molecule has 0 fully saturated rings. The summed E-state index contributed by atoms with van der Waals surface area (Å²) in [5, 5.41) is 0. The number of ether oxygens (including phenoxy) is 3. The summed E-state index contributed by atoms with van der Waals surface area (Å²) in [7, 11) is 4.83. The number of methoxy groups -OCH3 is 3. The van der Waals surface area contributed by atoms with Crippen molar-refractivity contribution >= 4 is 6.29 Å². The number of hydrogen-bond donors (Lipinski definition) is 0. The third kappa shape index (κ3) is 6.02. The van der Waals surface area contributed by atoms with Crippen molar-refractivity contribution in [1.29, 1.82) is 0 Å². The monoisotopic (exact) mass is 340 g/mol. The summed E-state index contributed by atoms with van der Waals surface area (Å²) in [5.41, 5.74) is 0.975. The van der Waals surface area contributed by atoms with Crippen LogP contribution in [0.25, 0.3) is 0 Å². The van der Waals surface area contributed by atoms with E-state index in [-0.39, 0.29) is 38.6 Å². The first kappa shape index (κ1) is 18.6. The third-order valence-electron chi connectivity index (χ3n) is 2.80. The Morgan fingerprint density at radius 3 is 2.47 bits per heavy atom. The van der Waals surface area contributed by atoms with Crippen LogP contribution >= 0.6 is 0 Å². The summed E-state index contributed by atoms with van der Waals surface area (Å²) in [5.74, 6) is 1.29. The molecule has 1 unspecified atom stereocenters. The van der Waals surface area contributed by atoms with Crippen molar-refractivity contribution in [1.82, 2.24) is 0 Å². The van der Waals surface area contributed by atoms with Gasteiger partial charge >= 0.3 is 0 Å². The minimum Gasteiger partial charge on any atom is -0.542 e. The second-order valence-electron chi connectivity index (χ2n) is 3.98. The molecule has 1 aromatic rings. The molecule has 0 amide bonds. The van der Waals surface area contributed by atoms with Gasteiger partial charge in [-0.15, -0.1) is 5.92 Å². The summed E-state index contributed by atoms with van der Waals surface area (Å²) in [6, 6.07) is 5.58. The maximum absolute atomic E-state index is 10.9. The Hall–Kier alpha value is -0.446. The molecule has 0 aliphatic rings. The van der Waals surface area contributed by atoms with E-state index in [1.807, 2.05) is 24.5 Å². The quantitative estimate of drug-likeness (QED) is 0.679. The van der Waals surface area contributed by atoms with Crippen LogP contribution in [-0.2, 0) is 48.7 Å². The second kappa shape index (κ2) is 10.4. The number of hydrogen-bond acceptors (Lipinski definition) is 4. The Bertz CT molecular complexity index is 382. The van der Waals surface area contributed by atoms with Crippen LogP contribution in [0.2, 0.25) is 0 Å². The molecule has 0 saturated carbocycles. The van der Waals surface area contributed by atoms with Gasteiger partial charge in [0.1, 0.15) is 11.5 Å². The number of benzene rings is 1. The molecule has 1 radical (unpaired) electrons. The molecule has 19 heavy (non-hydrogen) atoms. The van der Waals surface area contributed by atoms with E-state index >= 15 is 0 Å². The average molecular weight is 340 g/mol. The van der Waals surface area contributed by atoms with Gasteiger partial charge in [0.2, 0.25) is 0 Å². The summed E-state index contributed by atoms with van der Waals surface area (Å²) in [6.07, 6.45) is 3.31. The number of rotatable bonds is 8. The van der Waals surface area contributed by atoms with Gasteiger partial charge in [-0.3, -0.25) is 6.29 Å². The van der Waals surface area contributed by atoms with Crippen molar-refractivity contribution in [3.63, 3.8) is 0 Å². The van der Waals surface area contributed by atoms with E-state index < -0.39 is 0 Å². The van der Waals surface area contributed by atoms with E-state index in [1.54, 1.807) is 21.3 Å². The van der Waals surface area contributed by atoms with Crippen molar-refractivity contribution in [3.8, 4) is 11.5 Å². The first-order valence-corrected chi connectivity index (χ1v) is 5.82. The molecule has 0 aliphatic heterocycles. The Morgan fingerprint density at radius 2 is 1.95 bits per heavy atom. The van der Waals surface area contributed by atoms with Gasteiger partial charge in [-0.05, 0) is 18.1 Å².